The molecule has 0 aliphatic heterocycles. The van der Waals surface area contributed by atoms with Gasteiger partial charge in [-0.3, -0.25) is 14.4 Å². The van der Waals surface area contributed by atoms with Crippen molar-refractivity contribution in [1.82, 2.24) is 0 Å². The van der Waals surface area contributed by atoms with Crippen LogP contribution in [0, 0.1) is 0 Å². The van der Waals surface area contributed by atoms with Crippen LogP contribution in [-0.2, 0) is 28.6 Å². The van der Waals surface area contributed by atoms with Gasteiger partial charge < -0.3 is 14.2 Å². The SMILES string of the molecule is CC/C=C\C/C=C\C/C=C\C/C=C\CCCCCCCCC(=O)OC(COC(=O)CCCCCCCCC/C=C\CCCCCCCC)COC(=O)CCCCCCCCCCCCCCCCCCCCCCCCC. The van der Waals surface area contributed by atoms with Gasteiger partial charge in [-0.15, -0.1) is 0 Å². The molecule has 1 atom stereocenters. The Balaban J connectivity index is 4.34. The molecule has 0 aliphatic carbocycles. The zero-order valence-corrected chi connectivity index (χ0v) is 51.5. The quantitative estimate of drug-likeness (QED) is 0.0261. The van der Waals surface area contributed by atoms with Crippen molar-refractivity contribution in [2.24, 2.45) is 0 Å². The van der Waals surface area contributed by atoms with Gasteiger partial charge in [-0.25, -0.2) is 0 Å². The van der Waals surface area contributed by atoms with Gasteiger partial charge in [0.25, 0.3) is 0 Å². The normalized spacial score (nSPS) is 12.4. The van der Waals surface area contributed by atoms with Crippen molar-refractivity contribution >= 4 is 17.9 Å². The number of unbranched alkanes of at least 4 members (excludes halogenated alkanes) is 41. The van der Waals surface area contributed by atoms with Crippen molar-refractivity contribution in [3.8, 4) is 0 Å². The molecule has 0 spiro atoms. The summed E-state index contributed by atoms with van der Waals surface area (Å²) in [7, 11) is 0. The number of allylic oxidation sites excluding steroid dienone is 10. The van der Waals surface area contributed by atoms with E-state index in [0.717, 1.165) is 96.3 Å². The van der Waals surface area contributed by atoms with Crippen LogP contribution in [0.4, 0.5) is 0 Å². The first-order chi connectivity index (χ1) is 38.0. The molecule has 0 heterocycles. The van der Waals surface area contributed by atoms with E-state index in [-0.39, 0.29) is 31.1 Å². The van der Waals surface area contributed by atoms with Crippen molar-refractivity contribution in [1.29, 1.82) is 0 Å². The third kappa shape index (κ3) is 63.8. The second kappa shape index (κ2) is 65.6. The smallest absolute Gasteiger partial charge is 0.306 e. The van der Waals surface area contributed by atoms with Gasteiger partial charge in [0.2, 0.25) is 0 Å². The number of carbonyl (C=O) groups is 3. The lowest BCUT2D eigenvalue weighted by Crippen LogP contribution is -2.30. The Bertz CT molecular complexity index is 1380. The molecule has 0 aromatic rings. The molecular weight excluding hydrogens is 949 g/mol. The summed E-state index contributed by atoms with van der Waals surface area (Å²) >= 11 is 0. The van der Waals surface area contributed by atoms with Crippen LogP contribution in [0.1, 0.15) is 355 Å². The Kier molecular flexibility index (Phi) is 63.2. The second-order valence-electron chi connectivity index (χ2n) is 22.7. The van der Waals surface area contributed by atoms with Gasteiger partial charge in [0.05, 0.1) is 0 Å². The molecule has 0 N–H and O–H groups in total. The summed E-state index contributed by atoms with van der Waals surface area (Å²) in [5, 5.41) is 0. The van der Waals surface area contributed by atoms with Crippen LogP contribution in [0.2, 0.25) is 0 Å². The van der Waals surface area contributed by atoms with Gasteiger partial charge in [0, 0.05) is 19.3 Å². The lowest BCUT2D eigenvalue weighted by molar-refractivity contribution is -0.167. The van der Waals surface area contributed by atoms with E-state index in [0.29, 0.717) is 19.3 Å². The molecule has 6 heteroatoms. The van der Waals surface area contributed by atoms with Crippen LogP contribution in [0.15, 0.2) is 60.8 Å². The van der Waals surface area contributed by atoms with E-state index in [1.54, 1.807) is 0 Å². The van der Waals surface area contributed by atoms with Gasteiger partial charge >= 0.3 is 17.9 Å². The lowest BCUT2D eigenvalue weighted by atomic mass is 10.0. The summed E-state index contributed by atoms with van der Waals surface area (Å²) in [5.74, 6) is -0.875. The Hall–Kier alpha value is -2.89. The fraction of sp³-hybridized carbons (Fsp3) is 0.817. The van der Waals surface area contributed by atoms with E-state index < -0.39 is 6.10 Å². The summed E-state index contributed by atoms with van der Waals surface area (Å²) in [5.41, 5.74) is 0. The van der Waals surface area contributed by atoms with Crippen LogP contribution in [-0.4, -0.2) is 37.2 Å². The number of esters is 3. The topological polar surface area (TPSA) is 78.9 Å². The summed E-state index contributed by atoms with van der Waals surface area (Å²) < 4.78 is 17.0. The van der Waals surface area contributed by atoms with Gasteiger partial charge in [-0.05, 0) is 83.5 Å². The first-order valence-corrected chi connectivity index (χ1v) is 33.8. The third-order valence-corrected chi connectivity index (χ3v) is 15.0. The van der Waals surface area contributed by atoms with Crippen LogP contribution in [0.25, 0.3) is 0 Å². The summed E-state index contributed by atoms with van der Waals surface area (Å²) in [6.07, 6.45) is 83.8. The lowest BCUT2D eigenvalue weighted by Gasteiger charge is -2.18. The monoisotopic (exact) mass is 1080 g/mol. The number of ether oxygens (including phenoxy) is 3. The maximum Gasteiger partial charge on any atom is 0.306 e. The summed E-state index contributed by atoms with van der Waals surface area (Å²) in [6.45, 7) is 6.57. The van der Waals surface area contributed by atoms with E-state index in [9.17, 15) is 14.4 Å². The Labute approximate surface area is 479 Å². The molecule has 0 rings (SSSR count). The molecule has 0 aliphatic rings. The Morgan fingerprint density at radius 3 is 0.805 bits per heavy atom. The average Bonchev–Trinajstić information content (AvgIpc) is 3.43. The maximum atomic E-state index is 12.9. The molecule has 0 bridgehead atoms. The van der Waals surface area contributed by atoms with Crippen molar-refractivity contribution < 1.29 is 28.6 Å². The summed E-state index contributed by atoms with van der Waals surface area (Å²) in [4.78, 5) is 38.4. The average molecular weight is 1080 g/mol. The van der Waals surface area contributed by atoms with Crippen LogP contribution in [0.3, 0.4) is 0 Å². The predicted molar refractivity (Wildman–Crippen MR) is 335 cm³/mol. The molecule has 1 unspecified atom stereocenters. The molecule has 6 nitrogen and oxygen atoms in total. The number of hydrogen-bond donors (Lipinski definition) is 0. The second-order valence-corrected chi connectivity index (χ2v) is 22.7. The highest BCUT2D eigenvalue weighted by Gasteiger charge is 2.19. The van der Waals surface area contributed by atoms with Crippen molar-refractivity contribution in [2.45, 2.75) is 361 Å². The molecule has 0 aromatic carbocycles. The van der Waals surface area contributed by atoms with Gasteiger partial charge in [-0.1, -0.05) is 313 Å². The van der Waals surface area contributed by atoms with Crippen LogP contribution < -0.4 is 0 Å². The Morgan fingerprint density at radius 1 is 0.273 bits per heavy atom. The minimum atomic E-state index is -0.784. The number of hydrogen-bond acceptors (Lipinski definition) is 6. The molecule has 0 amide bonds. The van der Waals surface area contributed by atoms with E-state index in [2.05, 4.69) is 81.5 Å². The van der Waals surface area contributed by atoms with Gasteiger partial charge in [0.15, 0.2) is 6.10 Å². The molecule has 77 heavy (non-hydrogen) atoms. The van der Waals surface area contributed by atoms with Crippen LogP contribution in [0.5, 0.6) is 0 Å². The molecule has 0 fully saturated rings. The number of carbonyl (C=O) groups excluding carboxylic acids is 3. The highest BCUT2D eigenvalue weighted by atomic mass is 16.6. The van der Waals surface area contributed by atoms with E-state index in [1.165, 1.54) is 218 Å². The number of rotatable bonds is 62. The maximum absolute atomic E-state index is 12.9. The summed E-state index contributed by atoms with van der Waals surface area (Å²) in [6, 6.07) is 0. The molecule has 0 saturated heterocycles. The molecule has 448 valence electrons. The molecular formula is C71H128O6. The highest BCUT2D eigenvalue weighted by molar-refractivity contribution is 5.71. The zero-order chi connectivity index (χ0) is 55.7. The molecule has 0 saturated carbocycles. The Morgan fingerprint density at radius 2 is 0.506 bits per heavy atom. The van der Waals surface area contributed by atoms with Gasteiger partial charge in [-0.2, -0.15) is 0 Å². The van der Waals surface area contributed by atoms with Crippen molar-refractivity contribution in [2.75, 3.05) is 13.2 Å². The van der Waals surface area contributed by atoms with E-state index in [4.69, 9.17) is 14.2 Å². The van der Waals surface area contributed by atoms with E-state index in [1.807, 2.05) is 0 Å². The fourth-order valence-corrected chi connectivity index (χ4v) is 9.96. The first-order valence-electron chi connectivity index (χ1n) is 33.8. The van der Waals surface area contributed by atoms with Gasteiger partial charge in [0.1, 0.15) is 13.2 Å². The largest absolute Gasteiger partial charge is 0.462 e. The predicted octanol–water partition coefficient (Wildman–Crippen LogP) is 23.1. The van der Waals surface area contributed by atoms with E-state index >= 15 is 0 Å². The fourth-order valence-electron chi connectivity index (χ4n) is 9.96. The zero-order valence-electron chi connectivity index (χ0n) is 51.5. The minimum absolute atomic E-state index is 0.0780. The third-order valence-electron chi connectivity index (χ3n) is 15.0. The van der Waals surface area contributed by atoms with Crippen LogP contribution >= 0.6 is 0 Å². The first kappa shape index (κ1) is 74.1. The standard InChI is InChI=1S/C71H128O6/c1-4-7-10-13-16-19-22-25-28-31-33-34-35-36-38-40-43-46-49-52-55-58-61-64-70(73)76-67-68(66-75-69(72)63-60-57-54-51-48-45-42-39-30-27-24-21-18-15-12-9-6-3)77-71(74)65-62-59-56-53-50-47-44-41-37-32-29-26-23-20-17-14-11-8-5-2/h8,11,17,20,26-27,29-30,37,41,68H,4-7,9-10,12-16,18-19,21-25,28,31-36,38-40,42-67H2,1-3H3/b11-8-,20-17-,29-26-,30-27-,41-37-. The molecule has 0 aromatic heterocycles. The van der Waals surface area contributed by atoms with Crippen molar-refractivity contribution in [3.63, 3.8) is 0 Å². The highest BCUT2D eigenvalue weighted by Crippen LogP contribution is 2.18. The van der Waals surface area contributed by atoms with Crippen molar-refractivity contribution in [3.05, 3.63) is 60.8 Å². The minimum Gasteiger partial charge on any atom is -0.462 e. The molecule has 0 radical (unpaired) electrons.